The molecule has 1 saturated carbocycles. The van der Waals surface area contributed by atoms with E-state index in [2.05, 4.69) is 0 Å². The molecular weight excluding hydrogens is 218 g/mol. The predicted molar refractivity (Wildman–Crippen MR) is 81.8 cm³/mol. The van der Waals surface area contributed by atoms with Crippen LogP contribution >= 0.6 is 0 Å². The minimum atomic E-state index is 0.882. The summed E-state index contributed by atoms with van der Waals surface area (Å²) in [6.07, 6.45) is 21.8. The molecule has 108 valence electrons. The molecule has 0 amide bonds. The van der Waals surface area contributed by atoms with Crippen LogP contribution in [0, 0.1) is 5.92 Å². The van der Waals surface area contributed by atoms with E-state index in [1.807, 2.05) is 0 Å². The average Bonchev–Trinajstić information content (AvgIpc) is 2.41. The van der Waals surface area contributed by atoms with E-state index in [9.17, 15) is 0 Å². The topological polar surface area (TPSA) is 26.0 Å². The summed E-state index contributed by atoms with van der Waals surface area (Å²) >= 11 is 0. The van der Waals surface area contributed by atoms with E-state index in [4.69, 9.17) is 5.73 Å². The van der Waals surface area contributed by atoms with Gasteiger partial charge in [-0.1, -0.05) is 89.9 Å². The number of nitrogens with two attached hydrogens (primary N) is 1. The smallest absolute Gasteiger partial charge is 0.00773 e. The van der Waals surface area contributed by atoms with E-state index in [-0.39, 0.29) is 0 Å². The summed E-state index contributed by atoms with van der Waals surface area (Å²) in [6.45, 7) is 0.882. The van der Waals surface area contributed by atoms with Crippen molar-refractivity contribution in [2.45, 2.75) is 96.3 Å². The van der Waals surface area contributed by atoms with Crippen LogP contribution in [0.5, 0.6) is 0 Å². The van der Waals surface area contributed by atoms with Crippen LogP contribution in [-0.4, -0.2) is 6.54 Å². The van der Waals surface area contributed by atoms with Gasteiger partial charge in [0.15, 0.2) is 0 Å². The predicted octanol–water partition coefficient (Wildman–Crippen LogP) is 5.43. The third-order valence-corrected chi connectivity index (χ3v) is 4.54. The van der Waals surface area contributed by atoms with Crippen LogP contribution in [-0.2, 0) is 0 Å². The molecule has 0 heterocycles. The van der Waals surface area contributed by atoms with E-state index in [0.29, 0.717) is 0 Å². The minimum absolute atomic E-state index is 0.882. The van der Waals surface area contributed by atoms with Crippen molar-refractivity contribution in [2.24, 2.45) is 11.7 Å². The molecule has 0 aromatic carbocycles. The maximum absolute atomic E-state index is 5.60. The number of rotatable bonds is 4. The summed E-state index contributed by atoms with van der Waals surface area (Å²) in [4.78, 5) is 0. The van der Waals surface area contributed by atoms with Crippen molar-refractivity contribution in [3.63, 3.8) is 0 Å². The van der Waals surface area contributed by atoms with Gasteiger partial charge >= 0.3 is 0 Å². The van der Waals surface area contributed by atoms with Crippen LogP contribution in [0.15, 0.2) is 0 Å². The fourth-order valence-corrected chi connectivity index (χ4v) is 3.29. The van der Waals surface area contributed by atoms with E-state index in [1.54, 1.807) is 0 Å². The summed E-state index contributed by atoms with van der Waals surface area (Å²) in [6, 6.07) is 0. The molecule has 0 aliphatic heterocycles. The zero-order valence-electron chi connectivity index (χ0n) is 12.5. The maximum Gasteiger partial charge on any atom is -0.00773 e. The van der Waals surface area contributed by atoms with Gasteiger partial charge in [0, 0.05) is 0 Å². The Labute approximate surface area is 115 Å². The Bertz CT molecular complexity index is 153. The lowest BCUT2D eigenvalue weighted by molar-refractivity contribution is 0.372. The molecule has 1 aliphatic carbocycles. The molecule has 1 nitrogen and oxygen atoms in total. The molecule has 18 heavy (non-hydrogen) atoms. The third kappa shape index (κ3) is 8.97. The van der Waals surface area contributed by atoms with Crippen molar-refractivity contribution < 1.29 is 0 Å². The number of hydrogen-bond acceptors (Lipinski definition) is 1. The first-order chi connectivity index (χ1) is 8.93. The highest BCUT2D eigenvalue weighted by Gasteiger charge is 2.08. The van der Waals surface area contributed by atoms with Gasteiger partial charge < -0.3 is 5.73 Å². The van der Waals surface area contributed by atoms with E-state index >= 15 is 0 Å². The summed E-state index contributed by atoms with van der Waals surface area (Å²) in [5.74, 6) is 1.01. The van der Waals surface area contributed by atoms with Gasteiger partial charge in [0.25, 0.3) is 0 Å². The van der Waals surface area contributed by atoms with E-state index in [1.165, 1.54) is 96.3 Å². The van der Waals surface area contributed by atoms with Gasteiger partial charge in [-0.05, 0) is 18.9 Å². The molecule has 0 radical (unpaired) electrons. The number of unbranched alkanes of at least 4 members (excludes halogenated alkanes) is 1. The second-order valence-corrected chi connectivity index (χ2v) is 6.26. The average molecular weight is 253 g/mol. The Morgan fingerprint density at radius 2 is 1.06 bits per heavy atom. The molecule has 0 unspecified atom stereocenters. The van der Waals surface area contributed by atoms with Crippen LogP contribution < -0.4 is 5.73 Å². The van der Waals surface area contributed by atoms with E-state index < -0.39 is 0 Å². The molecule has 0 atom stereocenters. The van der Waals surface area contributed by atoms with Crippen molar-refractivity contribution in [2.75, 3.05) is 6.54 Å². The Morgan fingerprint density at radius 3 is 1.50 bits per heavy atom. The highest BCUT2D eigenvalue weighted by Crippen LogP contribution is 2.24. The standard InChI is InChI=1S/C17H35N/c18-16-12-11-15-17-13-9-7-5-3-1-2-4-6-8-10-14-17/h17H,1-16,18H2. The highest BCUT2D eigenvalue weighted by molar-refractivity contribution is 4.62. The Hall–Kier alpha value is -0.0400. The molecular formula is C17H35N. The molecule has 1 aliphatic rings. The fourth-order valence-electron chi connectivity index (χ4n) is 3.29. The largest absolute Gasteiger partial charge is 0.330 e. The number of hydrogen-bond donors (Lipinski definition) is 1. The van der Waals surface area contributed by atoms with Gasteiger partial charge in [0.2, 0.25) is 0 Å². The van der Waals surface area contributed by atoms with Crippen molar-refractivity contribution >= 4 is 0 Å². The van der Waals surface area contributed by atoms with Crippen LogP contribution in [0.2, 0.25) is 0 Å². The first-order valence-corrected chi connectivity index (χ1v) is 8.63. The molecule has 0 aromatic rings. The van der Waals surface area contributed by atoms with Crippen molar-refractivity contribution in [1.29, 1.82) is 0 Å². The Morgan fingerprint density at radius 1 is 0.611 bits per heavy atom. The molecule has 0 aromatic heterocycles. The molecule has 0 bridgehead atoms. The highest BCUT2D eigenvalue weighted by atomic mass is 14.5. The molecule has 0 spiro atoms. The first kappa shape index (κ1) is 16.0. The quantitative estimate of drug-likeness (QED) is 0.665. The van der Waals surface area contributed by atoms with Gasteiger partial charge in [0.05, 0.1) is 0 Å². The second kappa shape index (κ2) is 12.0. The van der Waals surface area contributed by atoms with Crippen LogP contribution in [0.4, 0.5) is 0 Å². The molecule has 1 rings (SSSR count). The minimum Gasteiger partial charge on any atom is -0.330 e. The van der Waals surface area contributed by atoms with Gasteiger partial charge in [0.1, 0.15) is 0 Å². The first-order valence-electron chi connectivity index (χ1n) is 8.63. The van der Waals surface area contributed by atoms with Gasteiger partial charge in [-0.25, -0.2) is 0 Å². The van der Waals surface area contributed by atoms with Crippen molar-refractivity contribution in [3.8, 4) is 0 Å². The van der Waals surface area contributed by atoms with Gasteiger partial charge in [-0.2, -0.15) is 0 Å². The Balaban J connectivity index is 2.19. The van der Waals surface area contributed by atoms with Crippen molar-refractivity contribution in [1.82, 2.24) is 0 Å². The van der Waals surface area contributed by atoms with Gasteiger partial charge in [-0.3, -0.25) is 0 Å². The fraction of sp³-hybridized carbons (Fsp3) is 1.00. The van der Waals surface area contributed by atoms with Crippen LogP contribution in [0.3, 0.4) is 0 Å². The summed E-state index contributed by atoms with van der Waals surface area (Å²) in [5.41, 5.74) is 5.60. The van der Waals surface area contributed by atoms with Crippen molar-refractivity contribution in [3.05, 3.63) is 0 Å². The molecule has 1 heteroatoms. The summed E-state index contributed by atoms with van der Waals surface area (Å²) < 4.78 is 0. The summed E-state index contributed by atoms with van der Waals surface area (Å²) in [5, 5.41) is 0. The zero-order valence-corrected chi connectivity index (χ0v) is 12.5. The van der Waals surface area contributed by atoms with Crippen LogP contribution in [0.1, 0.15) is 96.3 Å². The lowest BCUT2D eigenvalue weighted by Crippen LogP contribution is -2.04. The monoisotopic (exact) mass is 253 g/mol. The Kier molecular flexibility index (Phi) is 10.7. The van der Waals surface area contributed by atoms with Crippen LogP contribution in [0.25, 0.3) is 0 Å². The third-order valence-electron chi connectivity index (χ3n) is 4.54. The normalized spacial score (nSPS) is 21.8. The lowest BCUT2D eigenvalue weighted by atomic mass is 9.90. The molecule has 1 fully saturated rings. The van der Waals surface area contributed by atoms with Gasteiger partial charge in [-0.15, -0.1) is 0 Å². The maximum atomic E-state index is 5.60. The van der Waals surface area contributed by atoms with E-state index in [0.717, 1.165) is 12.5 Å². The SMILES string of the molecule is NCCCCC1CCCCCCCCCCCC1. The lowest BCUT2D eigenvalue weighted by Gasteiger charge is -2.16. The zero-order chi connectivity index (χ0) is 12.9. The molecule has 0 saturated heterocycles. The summed E-state index contributed by atoms with van der Waals surface area (Å²) in [7, 11) is 0. The molecule has 2 N–H and O–H groups in total. The second-order valence-electron chi connectivity index (χ2n) is 6.26.